The smallest absolute Gasteiger partial charge is 0.248 e. The van der Waals surface area contributed by atoms with Crippen LogP contribution in [-0.4, -0.2) is 5.91 Å². The summed E-state index contributed by atoms with van der Waals surface area (Å²) in [4.78, 5) is 11.8. The Morgan fingerprint density at radius 2 is 1.80 bits per heavy atom. The fraction of sp³-hybridized carbons (Fsp3) is 0. The van der Waals surface area contributed by atoms with Crippen molar-refractivity contribution >= 4 is 56.8 Å². The van der Waals surface area contributed by atoms with Gasteiger partial charge in [0.1, 0.15) is 0 Å². The number of carbonyl (C=O) groups excluding carboxylic acids is 1. The molecule has 0 unspecified atom stereocenters. The van der Waals surface area contributed by atoms with Crippen LogP contribution in [0.3, 0.4) is 0 Å². The molecule has 2 rings (SSSR count). The minimum Gasteiger partial charge on any atom is -0.321 e. The fourth-order valence-electron chi connectivity index (χ4n) is 1.51. The number of halogens is 3. The quantitative estimate of drug-likeness (QED) is 0.719. The first-order chi connectivity index (χ1) is 9.54. The normalized spacial score (nSPS) is 10.8. The molecule has 0 radical (unpaired) electrons. The predicted molar refractivity (Wildman–Crippen MR) is 88.3 cm³/mol. The monoisotopic (exact) mass is 369 g/mol. The summed E-state index contributed by atoms with van der Waals surface area (Å²) < 4.78 is 0.993. The number of hydrogen-bond acceptors (Lipinski definition) is 1. The minimum atomic E-state index is -0.253. The number of nitrogens with one attached hydrogen (secondary N) is 1. The summed E-state index contributed by atoms with van der Waals surface area (Å²) in [7, 11) is 0. The lowest BCUT2D eigenvalue weighted by Crippen LogP contribution is -2.08. The highest BCUT2D eigenvalue weighted by molar-refractivity contribution is 9.10. The van der Waals surface area contributed by atoms with Gasteiger partial charge in [0, 0.05) is 15.6 Å². The minimum absolute atomic E-state index is 0.253. The zero-order valence-electron chi connectivity index (χ0n) is 10.2. The van der Waals surface area contributed by atoms with Gasteiger partial charge in [-0.3, -0.25) is 4.79 Å². The highest BCUT2D eigenvalue weighted by Gasteiger charge is 2.03. The summed E-state index contributed by atoms with van der Waals surface area (Å²) in [5.74, 6) is -0.253. The third-order valence-electron chi connectivity index (χ3n) is 2.49. The summed E-state index contributed by atoms with van der Waals surface area (Å²) in [6, 6.07) is 12.5. The largest absolute Gasteiger partial charge is 0.321 e. The van der Waals surface area contributed by atoms with Crippen LogP contribution >= 0.6 is 39.1 Å². The predicted octanol–water partition coefficient (Wildman–Crippen LogP) is 5.41. The average Bonchev–Trinajstić information content (AvgIpc) is 2.41. The molecule has 0 aliphatic rings. The van der Waals surface area contributed by atoms with Gasteiger partial charge in [-0.1, -0.05) is 51.3 Å². The molecule has 0 aliphatic carbocycles. The number of carbonyl (C=O) groups is 1. The van der Waals surface area contributed by atoms with Crippen molar-refractivity contribution in [2.24, 2.45) is 0 Å². The SMILES string of the molecule is O=C(/C=C/c1ccc(Br)cc1)Nc1ccc(Cl)cc1Cl. The summed E-state index contributed by atoms with van der Waals surface area (Å²) in [5, 5.41) is 3.63. The van der Waals surface area contributed by atoms with E-state index in [4.69, 9.17) is 23.2 Å². The molecule has 0 heterocycles. The van der Waals surface area contributed by atoms with E-state index < -0.39 is 0 Å². The zero-order chi connectivity index (χ0) is 14.5. The second-order valence-corrected chi connectivity index (χ2v) is 5.76. The Morgan fingerprint density at radius 1 is 1.10 bits per heavy atom. The van der Waals surface area contributed by atoms with Gasteiger partial charge in [0.15, 0.2) is 0 Å². The highest BCUT2D eigenvalue weighted by Crippen LogP contribution is 2.25. The Morgan fingerprint density at radius 3 is 2.45 bits per heavy atom. The van der Waals surface area contributed by atoms with E-state index in [9.17, 15) is 4.79 Å². The molecule has 0 fully saturated rings. The van der Waals surface area contributed by atoms with Gasteiger partial charge in [0.2, 0.25) is 5.91 Å². The zero-order valence-corrected chi connectivity index (χ0v) is 13.3. The maximum absolute atomic E-state index is 11.8. The van der Waals surface area contributed by atoms with Gasteiger partial charge in [0.25, 0.3) is 0 Å². The van der Waals surface area contributed by atoms with E-state index in [0.29, 0.717) is 15.7 Å². The van der Waals surface area contributed by atoms with Crippen molar-refractivity contribution in [2.75, 3.05) is 5.32 Å². The lowest BCUT2D eigenvalue weighted by atomic mass is 10.2. The first-order valence-corrected chi connectivity index (χ1v) is 7.29. The fourth-order valence-corrected chi connectivity index (χ4v) is 2.23. The molecule has 1 amide bonds. The Balaban J connectivity index is 2.03. The van der Waals surface area contributed by atoms with Crippen molar-refractivity contribution < 1.29 is 4.79 Å². The highest BCUT2D eigenvalue weighted by atomic mass is 79.9. The molecular weight excluding hydrogens is 361 g/mol. The summed E-state index contributed by atoms with van der Waals surface area (Å²) in [5.41, 5.74) is 1.46. The molecule has 5 heteroatoms. The van der Waals surface area contributed by atoms with Crippen LogP contribution in [0.4, 0.5) is 5.69 Å². The van der Waals surface area contributed by atoms with Crippen molar-refractivity contribution in [1.82, 2.24) is 0 Å². The number of rotatable bonds is 3. The van der Waals surface area contributed by atoms with Gasteiger partial charge < -0.3 is 5.32 Å². The second-order valence-electron chi connectivity index (χ2n) is 4.00. The first kappa shape index (κ1) is 15.1. The van der Waals surface area contributed by atoms with Crippen molar-refractivity contribution in [2.45, 2.75) is 0 Å². The van der Waals surface area contributed by atoms with E-state index in [1.165, 1.54) is 6.08 Å². The lowest BCUT2D eigenvalue weighted by molar-refractivity contribution is -0.111. The van der Waals surface area contributed by atoms with Gasteiger partial charge in [-0.05, 0) is 42.0 Å². The first-order valence-electron chi connectivity index (χ1n) is 5.74. The van der Waals surface area contributed by atoms with Gasteiger partial charge in [0.05, 0.1) is 10.7 Å². The number of benzene rings is 2. The third kappa shape index (κ3) is 4.37. The van der Waals surface area contributed by atoms with Crippen LogP contribution in [-0.2, 0) is 4.79 Å². The Labute approximate surface area is 135 Å². The van der Waals surface area contributed by atoms with E-state index in [2.05, 4.69) is 21.2 Å². The Hall–Kier alpha value is -1.29. The van der Waals surface area contributed by atoms with Crippen molar-refractivity contribution in [3.05, 3.63) is 68.6 Å². The molecule has 0 saturated carbocycles. The number of amides is 1. The molecule has 20 heavy (non-hydrogen) atoms. The lowest BCUT2D eigenvalue weighted by Gasteiger charge is -2.04. The topological polar surface area (TPSA) is 29.1 Å². The van der Waals surface area contributed by atoms with E-state index >= 15 is 0 Å². The molecule has 2 aromatic rings. The van der Waals surface area contributed by atoms with E-state index in [1.54, 1.807) is 24.3 Å². The maximum atomic E-state index is 11.8. The van der Waals surface area contributed by atoms with Gasteiger partial charge in [-0.15, -0.1) is 0 Å². The number of hydrogen-bond donors (Lipinski definition) is 1. The second kappa shape index (κ2) is 6.93. The van der Waals surface area contributed by atoms with Crippen LogP contribution in [0.25, 0.3) is 6.08 Å². The molecule has 2 nitrogen and oxygen atoms in total. The molecule has 0 aromatic heterocycles. The van der Waals surface area contributed by atoms with Crippen LogP contribution in [0.2, 0.25) is 10.0 Å². The Kier molecular flexibility index (Phi) is 5.24. The standard InChI is InChI=1S/C15H10BrCl2NO/c16-11-4-1-10(2-5-11)3-8-15(20)19-14-7-6-12(17)9-13(14)18/h1-9H,(H,19,20)/b8-3+. The average molecular weight is 371 g/mol. The molecule has 0 aliphatic heterocycles. The maximum Gasteiger partial charge on any atom is 0.248 e. The van der Waals surface area contributed by atoms with E-state index in [1.807, 2.05) is 24.3 Å². The summed E-state index contributed by atoms with van der Waals surface area (Å²) in [6.45, 7) is 0. The van der Waals surface area contributed by atoms with Crippen LogP contribution in [0, 0.1) is 0 Å². The van der Waals surface area contributed by atoms with Crippen LogP contribution in [0.1, 0.15) is 5.56 Å². The summed E-state index contributed by atoms with van der Waals surface area (Å²) in [6.07, 6.45) is 3.18. The van der Waals surface area contributed by atoms with Crippen molar-refractivity contribution in [3.63, 3.8) is 0 Å². The molecule has 0 spiro atoms. The van der Waals surface area contributed by atoms with Gasteiger partial charge >= 0.3 is 0 Å². The number of anilines is 1. The Bertz CT molecular complexity index is 653. The summed E-state index contributed by atoms with van der Waals surface area (Å²) >= 11 is 15.1. The van der Waals surface area contributed by atoms with E-state index in [-0.39, 0.29) is 5.91 Å². The molecule has 2 aromatic carbocycles. The van der Waals surface area contributed by atoms with Gasteiger partial charge in [-0.25, -0.2) is 0 Å². The van der Waals surface area contributed by atoms with Crippen LogP contribution in [0.15, 0.2) is 53.0 Å². The van der Waals surface area contributed by atoms with Gasteiger partial charge in [-0.2, -0.15) is 0 Å². The van der Waals surface area contributed by atoms with E-state index in [0.717, 1.165) is 10.0 Å². The molecule has 0 saturated heterocycles. The molecule has 0 atom stereocenters. The molecular formula is C15H10BrCl2NO. The molecule has 1 N–H and O–H groups in total. The van der Waals surface area contributed by atoms with Crippen molar-refractivity contribution in [1.29, 1.82) is 0 Å². The molecule has 102 valence electrons. The molecule has 0 bridgehead atoms. The third-order valence-corrected chi connectivity index (χ3v) is 3.56. The van der Waals surface area contributed by atoms with Crippen LogP contribution in [0.5, 0.6) is 0 Å². The van der Waals surface area contributed by atoms with Crippen molar-refractivity contribution in [3.8, 4) is 0 Å². The van der Waals surface area contributed by atoms with Crippen LogP contribution < -0.4 is 5.32 Å².